The summed E-state index contributed by atoms with van der Waals surface area (Å²) in [6.07, 6.45) is 0.795. The lowest BCUT2D eigenvalue weighted by Crippen LogP contribution is -2.38. The minimum atomic E-state index is 0.0573. The highest BCUT2D eigenvalue weighted by Gasteiger charge is 2.24. The summed E-state index contributed by atoms with van der Waals surface area (Å²) in [5.74, 6) is 0.0573. The Bertz CT molecular complexity index is 849. The van der Waals surface area contributed by atoms with Crippen LogP contribution in [0, 0.1) is 6.92 Å². The molecule has 22 heavy (non-hydrogen) atoms. The maximum atomic E-state index is 12.6. The minimum absolute atomic E-state index is 0.0573. The predicted octanol–water partition coefficient (Wildman–Crippen LogP) is 1.05. The lowest BCUT2D eigenvalue weighted by atomic mass is 10.1. The summed E-state index contributed by atoms with van der Waals surface area (Å²) in [5.41, 5.74) is 4.95. The van der Waals surface area contributed by atoms with Crippen molar-refractivity contribution >= 4 is 16.9 Å². The number of aromatic nitrogens is 5. The van der Waals surface area contributed by atoms with E-state index in [-0.39, 0.29) is 12.5 Å². The van der Waals surface area contributed by atoms with Gasteiger partial charge in [-0.1, -0.05) is 17.3 Å². The molecule has 2 aromatic heterocycles. The molecule has 7 heteroatoms. The van der Waals surface area contributed by atoms with Gasteiger partial charge in [0.05, 0.1) is 11.2 Å². The molecule has 1 N–H and O–H groups in total. The normalized spacial score (nSPS) is 14.3. The molecule has 0 spiro atoms. The first kappa shape index (κ1) is 13.0. The fourth-order valence-corrected chi connectivity index (χ4v) is 2.91. The van der Waals surface area contributed by atoms with Crippen molar-refractivity contribution in [3.8, 4) is 0 Å². The summed E-state index contributed by atoms with van der Waals surface area (Å²) in [4.78, 5) is 14.4. The molecule has 0 atom stereocenters. The van der Waals surface area contributed by atoms with Gasteiger partial charge in [0.25, 0.3) is 0 Å². The van der Waals surface area contributed by atoms with Gasteiger partial charge in [0, 0.05) is 30.8 Å². The maximum Gasteiger partial charge on any atom is 0.244 e. The van der Waals surface area contributed by atoms with E-state index >= 15 is 0 Å². The molecule has 0 fully saturated rings. The molecule has 0 aliphatic carbocycles. The number of H-pyrrole nitrogens is 1. The number of carbonyl (C=O) groups is 1. The zero-order valence-corrected chi connectivity index (χ0v) is 12.3. The van der Waals surface area contributed by atoms with Gasteiger partial charge >= 0.3 is 0 Å². The summed E-state index contributed by atoms with van der Waals surface area (Å²) in [7, 11) is 0. The zero-order valence-electron chi connectivity index (χ0n) is 12.3. The summed E-state index contributed by atoms with van der Waals surface area (Å²) in [5, 5.41) is 15.4. The third-order valence-electron chi connectivity index (χ3n) is 4.19. The quantitative estimate of drug-likeness (QED) is 0.766. The van der Waals surface area contributed by atoms with Gasteiger partial charge in [-0.05, 0) is 19.1 Å². The Balaban J connectivity index is 1.55. The van der Waals surface area contributed by atoms with Crippen molar-refractivity contribution in [1.82, 2.24) is 30.1 Å². The standard InChI is InChI=1S/C15H16N6O/c1-10-11-8-20(7-6-12(11)17-16-10)15(22)9-21-14-5-3-2-4-13(14)18-19-21/h2-5H,6-9H2,1H3,(H,16,17). The molecule has 1 amide bonds. The highest BCUT2D eigenvalue weighted by Crippen LogP contribution is 2.20. The number of nitrogens with zero attached hydrogens (tertiary/aromatic N) is 5. The predicted molar refractivity (Wildman–Crippen MR) is 80.0 cm³/mol. The second kappa shape index (κ2) is 4.94. The summed E-state index contributed by atoms with van der Waals surface area (Å²) < 4.78 is 1.66. The van der Waals surface area contributed by atoms with Crippen LogP contribution in [0.25, 0.3) is 11.0 Å². The van der Waals surface area contributed by atoms with Crippen molar-refractivity contribution < 1.29 is 4.79 Å². The first-order valence-electron chi connectivity index (χ1n) is 7.31. The average molecular weight is 296 g/mol. The molecule has 0 radical (unpaired) electrons. The molecular weight excluding hydrogens is 280 g/mol. The second-order valence-electron chi connectivity index (χ2n) is 5.57. The van der Waals surface area contributed by atoms with Gasteiger partial charge in [-0.3, -0.25) is 9.89 Å². The lowest BCUT2D eigenvalue weighted by molar-refractivity contribution is -0.132. The van der Waals surface area contributed by atoms with Crippen LogP contribution in [0.4, 0.5) is 0 Å². The van der Waals surface area contributed by atoms with Crippen molar-refractivity contribution in [2.45, 2.75) is 26.4 Å². The number of rotatable bonds is 2. The number of fused-ring (bicyclic) bond motifs is 2. The SMILES string of the molecule is Cc1[nH]nc2c1CN(C(=O)Cn1nnc3ccccc31)CC2. The van der Waals surface area contributed by atoms with Crippen molar-refractivity contribution in [2.75, 3.05) is 6.54 Å². The number of amides is 1. The highest BCUT2D eigenvalue weighted by molar-refractivity contribution is 5.80. The molecule has 112 valence electrons. The van der Waals surface area contributed by atoms with E-state index in [0.717, 1.165) is 34.4 Å². The van der Waals surface area contributed by atoms with Crippen LogP contribution >= 0.6 is 0 Å². The molecule has 3 aromatic rings. The van der Waals surface area contributed by atoms with Crippen LogP contribution in [0.15, 0.2) is 24.3 Å². The Labute approximate surface area is 126 Å². The van der Waals surface area contributed by atoms with E-state index in [4.69, 9.17) is 0 Å². The van der Waals surface area contributed by atoms with E-state index in [2.05, 4.69) is 20.5 Å². The summed E-state index contributed by atoms with van der Waals surface area (Å²) >= 11 is 0. The number of carbonyl (C=O) groups excluding carboxylic acids is 1. The minimum Gasteiger partial charge on any atom is -0.336 e. The monoisotopic (exact) mass is 296 g/mol. The molecular formula is C15H16N6O. The molecule has 0 bridgehead atoms. The van der Waals surface area contributed by atoms with Gasteiger partial charge in [-0.15, -0.1) is 5.10 Å². The smallest absolute Gasteiger partial charge is 0.244 e. The lowest BCUT2D eigenvalue weighted by Gasteiger charge is -2.26. The van der Waals surface area contributed by atoms with Crippen LogP contribution in [0.2, 0.25) is 0 Å². The number of aryl methyl sites for hydroxylation is 1. The molecule has 1 aliphatic heterocycles. The molecule has 0 saturated carbocycles. The molecule has 0 unspecified atom stereocenters. The Kier molecular flexibility index (Phi) is 2.92. The number of hydrogen-bond donors (Lipinski definition) is 1. The Morgan fingerprint density at radius 2 is 2.23 bits per heavy atom. The maximum absolute atomic E-state index is 12.6. The molecule has 3 heterocycles. The van der Waals surface area contributed by atoms with E-state index in [9.17, 15) is 4.79 Å². The van der Waals surface area contributed by atoms with Crippen LogP contribution in [-0.4, -0.2) is 42.5 Å². The van der Waals surface area contributed by atoms with Crippen LogP contribution < -0.4 is 0 Å². The molecule has 4 rings (SSSR count). The number of hydrogen-bond acceptors (Lipinski definition) is 4. The topological polar surface area (TPSA) is 79.7 Å². The van der Waals surface area contributed by atoms with Crippen molar-refractivity contribution in [2.24, 2.45) is 0 Å². The third-order valence-corrected chi connectivity index (χ3v) is 4.19. The first-order valence-corrected chi connectivity index (χ1v) is 7.31. The number of para-hydroxylation sites is 1. The fourth-order valence-electron chi connectivity index (χ4n) is 2.91. The van der Waals surface area contributed by atoms with Crippen LogP contribution in [0.1, 0.15) is 17.0 Å². The van der Waals surface area contributed by atoms with Gasteiger partial charge in [0.2, 0.25) is 5.91 Å². The van der Waals surface area contributed by atoms with Crippen molar-refractivity contribution in [1.29, 1.82) is 0 Å². The van der Waals surface area contributed by atoms with Crippen LogP contribution in [-0.2, 0) is 24.3 Å². The molecule has 7 nitrogen and oxygen atoms in total. The van der Waals surface area contributed by atoms with Gasteiger partial charge < -0.3 is 4.90 Å². The molecule has 1 aliphatic rings. The van der Waals surface area contributed by atoms with Gasteiger partial charge in [-0.2, -0.15) is 5.10 Å². The Morgan fingerprint density at radius 1 is 1.36 bits per heavy atom. The third kappa shape index (κ3) is 2.05. The van der Waals surface area contributed by atoms with Gasteiger partial charge in [0.1, 0.15) is 12.1 Å². The average Bonchev–Trinajstić information content (AvgIpc) is 3.12. The van der Waals surface area contributed by atoms with Crippen LogP contribution in [0.5, 0.6) is 0 Å². The summed E-state index contributed by atoms with van der Waals surface area (Å²) in [6, 6.07) is 7.66. The van der Waals surface area contributed by atoms with E-state index < -0.39 is 0 Å². The van der Waals surface area contributed by atoms with E-state index in [0.29, 0.717) is 13.1 Å². The van der Waals surface area contributed by atoms with Crippen molar-refractivity contribution in [3.05, 3.63) is 41.2 Å². The first-order chi connectivity index (χ1) is 10.7. The largest absolute Gasteiger partial charge is 0.336 e. The molecule has 0 saturated heterocycles. The van der Waals surface area contributed by atoms with E-state index in [1.165, 1.54) is 0 Å². The number of aromatic amines is 1. The van der Waals surface area contributed by atoms with E-state index in [1.807, 2.05) is 36.1 Å². The second-order valence-corrected chi connectivity index (χ2v) is 5.57. The Hall–Kier alpha value is -2.70. The fraction of sp³-hybridized carbons (Fsp3) is 0.333. The Morgan fingerprint density at radius 3 is 3.14 bits per heavy atom. The number of nitrogens with one attached hydrogen (secondary N) is 1. The van der Waals surface area contributed by atoms with Gasteiger partial charge in [0.15, 0.2) is 0 Å². The highest BCUT2D eigenvalue weighted by atomic mass is 16.2. The summed E-state index contributed by atoms with van der Waals surface area (Å²) in [6.45, 7) is 3.52. The van der Waals surface area contributed by atoms with Crippen LogP contribution in [0.3, 0.4) is 0 Å². The number of benzene rings is 1. The van der Waals surface area contributed by atoms with E-state index in [1.54, 1.807) is 4.68 Å². The van der Waals surface area contributed by atoms with Gasteiger partial charge in [-0.25, -0.2) is 4.68 Å². The van der Waals surface area contributed by atoms with Crippen molar-refractivity contribution in [3.63, 3.8) is 0 Å². The zero-order chi connectivity index (χ0) is 15.1. The molecule has 1 aromatic carbocycles.